The third-order valence-electron chi connectivity index (χ3n) is 2.24. The van der Waals surface area contributed by atoms with Crippen LogP contribution < -0.4 is 5.73 Å². The lowest BCUT2D eigenvalue weighted by Gasteiger charge is -2.31. The molecule has 1 fully saturated rings. The van der Waals surface area contributed by atoms with Gasteiger partial charge in [0.1, 0.15) is 0 Å². The van der Waals surface area contributed by atoms with Crippen LogP contribution in [0, 0.1) is 5.92 Å². The Balaban J connectivity index is 2.30. The molecule has 0 aliphatic carbocycles. The summed E-state index contributed by atoms with van der Waals surface area (Å²) >= 11 is 4.82. The number of rotatable bonds is 3. The molecule has 0 aromatic heterocycles. The molecule has 1 aliphatic rings. The van der Waals surface area contributed by atoms with Gasteiger partial charge in [-0.1, -0.05) is 12.2 Å². The second-order valence-corrected chi connectivity index (χ2v) is 3.92. The van der Waals surface area contributed by atoms with Gasteiger partial charge in [-0.05, 0) is 25.3 Å². The van der Waals surface area contributed by atoms with Crippen LogP contribution in [0.15, 0.2) is 0 Å². The van der Waals surface area contributed by atoms with Crippen molar-refractivity contribution in [2.75, 3.05) is 26.2 Å². The highest BCUT2D eigenvalue weighted by atomic mass is 32.1. The first-order chi connectivity index (χ1) is 5.72. The highest BCUT2D eigenvalue weighted by Crippen LogP contribution is 2.14. The van der Waals surface area contributed by atoms with Crippen LogP contribution in [0.1, 0.15) is 12.8 Å². The zero-order valence-corrected chi connectivity index (χ0v) is 8.02. The smallest absolute Gasteiger partial charge is 0.0870 e. The molecule has 1 saturated heterocycles. The van der Waals surface area contributed by atoms with E-state index >= 15 is 0 Å². The van der Waals surface area contributed by atoms with Crippen molar-refractivity contribution in [3.05, 3.63) is 0 Å². The van der Waals surface area contributed by atoms with E-state index in [1.165, 1.54) is 0 Å². The van der Waals surface area contributed by atoms with Crippen LogP contribution in [-0.4, -0.2) is 41.2 Å². The van der Waals surface area contributed by atoms with Crippen LogP contribution in [0.3, 0.4) is 0 Å². The normalized spacial score (nSPS) is 25.6. The highest BCUT2D eigenvalue weighted by molar-refractivity contribution is 7.80. The highest BCUT2D eigenvalue weighted by Gasteiger charge is 2.18. The van der Waals surface area contributed by atoms with Gasteiger partial charge < -0.3 is 10.8 Å². The Morgan fingerprint density at radius 1 is 1.67 bits per heavy atom. The van der Waals surface area contributed by atoms with Crippen LogP contribution in [-0.2, 0) is 0 Å². The third-order valence-corrected chi connectivity index (χ3v) is 2.37. The Kier molecular flexibility index (Phi) is 3.91. The lowest BCUT2D eigenvalue weighted by Crippen LogP contribution is -2.41. The van der Waals surface area contributed by atoms with Crippen molar-refractivity contribution >= 4 is 17.2 Å². The Bertz CT molecular complexity index is 163. The second-order valence-electron chi connectivity index (χ2n) is 3.39. The molecule has 0 spiro atoms. The van der Waals surface area contributed by atoms with Crippen LogP contribution in [0.2, 0.25) is 0 Å². The molecule has 1 rings (SSSR count). The van der Waals surface area contributed by atoms with Crippen LogP contribution in [0.5, 0.6) is 0 Å². The summed E-state index contributed by atoms with van der Waals surface area (Å²) in [4.78, 5) is 2.76. The van der Waals surface area contributed by atoms with Gasteiger partial charge in [0.05, 0.1) is 4.99 Å². The predicted molar refractivity (Wildman–Crippen MR) is 53.0 cm³/mol. The van der Waals surface area contributed by atoms with Gasteiger partial charge in [0.2, 0.25) is 0 Å². The molecule has 3 N–H and O–H groups in total. The molecule has 1 aliphatic heterocycles. The molecular weight excluding hydrogens is 172 g/mol. The van der Waals surface area contributed by atoms with Crippen molar-refractivity contribution in [1.82, 2.24) is 4.90 Å². The number of thiocarbonyl (C=S) groups is 1. The minimum absolute atomic E-state index is 0.286. The zero-order chi connectivity index (χ0) is 8.97. The van der Waals surface area contributed by atoms with E-state index in [9.17, 15) is 0 Å². The molecule has 3 nitrogen and oxygen atoms in total. The predicted octanol–water partition coefficient (Wildman–Crippen LogP) is -0.0232. The summed E-state index contributed by atoms with van der Waals surface area (Å²) in [6.45, 7) is 2.99. The minimum atomic E-state index is 0.286. The quantitative estimate of drug-likeness (QED) is 0.611. The average Bonchev–Trinajstić information content (AvgIpc) is 2.03. The molecule has 1 unspecified atom stereocenters. The fourth-order valence-electron chi connectivity index (χ4n) is 1.66. The van der Waals surface area contributed by atoms with E-state index in [4.69, 9.17) is 23.1 Å². The van der Waals surface area contributed by atoms with Crippen molar-refractivity contribution in [3.8, 4) is 0 Å². The Hall–Kier alpha value is -0.190. The van der Waals surface area contributed by atoms with Gasteiger partial charge in [-0.3, -0.25) is 4.90 Å². The van der Waals surface area contributed by atoms with Crippen LogP contribution >= 0.6 is 12.2 Å². The van der Waals surface area contributed by atoms with Gasteiger partial charge in [0.25, 0.3) is 0 Å². The van der Waals surface area contributed by atoms with Gasteiger partial charge in [-0.15, -0.1) is 0 Å². The van der Waals surface area contributed by atoms with E-state index in [1.54, 1.807) is 0 Å². The molecular formula is C8H16N2OS. The molecule has 1 atom stereocenters. The number of nitrogens with zero attached hydrogens (tertiary/aromatic N) is 1. The molecule has 0 aromatic rings. The Morgan fingerprint density at radius 2 is 2.42 bits per heavy atom. The number of hydrogen-bond donors (Lipinski definition) is 2. The number of aliphatic hydroxyl groups is 1. The number of aliphatic hydroxyl groups excluding tert-OH is 1. The summed E-state index contributed by atoms with van der Waals surface area (Å²) < 4.78 is 0. The van der Waals surface area contributed by atoms with E-state index in [0.717, 1.165) is 25.9 Å². The van der Waals surface area contributed by atoms with Gasteiger partial charge in [0, 0.05) is 19.7 Å². The summed E-state index contributed by atoms with van der Waals surface area (Å²) in [5.74, 6) is 0.424. The first-order valence-electron chi connectivity index (χ1n) is 4.34. The van der Waals surface area contributed by atoms with Crippen molar-refractivity contribution in [1.29, 1.82) is 0 Å². The van der Waals surface area contributed by atoms with E-state index < -0.39 is 0 Å². The maximum atomic E-state index is 8.95. The molecule has 1 heterocycles. The van der Waals surface area contributed by atoms with Crippen molar-refractivity contribution in [3.63, 3.8) is 0 Å². The van der Waals surface area contributed by atoms with Gasteiger partial charge in [0.15, 0.2) is 0 Å². The summed E-state index contributed by atoms with van der Waals surface area (Å²) in [5, 5.41) is 8.95. The lowest BCUT2D eigenvalue weighted by molar-refractivity contribution is 0.132. The number of nitrogens with two attached hydrogens (primary N) is 1. The van der Waals surface area contributed by atoms with E-state index in [2.05, 4.69) is 4.90 Å². The van der Waals surface area contributed by atoms with Gasteiger partial charge >= 0.3 is 0 Å². The third kappa shape index (κ3) is 3.05. The molecule has 0 radical (unpaired) electrons. The van der Waals surface area contributed by atoms with Crippen LogP contribution in [0.4, 0.5) is 0 Å². The van der Waals surface area contributed by atoms with E-state index in [0.29, 0.717) is 17.5 Å². The number of likely N-dealkylation sites (tertiary alicyclic amines) is 1. The minimum Gasteiger partial charge on any atom is -0.396 e. The fourth-order valence-corrected chi connectivity index (χ4v) is 1.85. The zero-order valence-electron chi connectivity index (χ0n) is 7.20. The van der Waals surface area contributed by atoms with Crippen molar-refractivity contribution < 1.29 is 5.11 Å². The van der Waals surface area contributed by atoms with Gasteiger partial charge in [-0.2, -0.15) is 0 Å². The first-order valence-corrected chi connectivity index (χ1v) is 4.74. The van der Waals surface area contributed by atoms with Gasteiger partial charge in [-0.25, -0.2) is 0 Å². The summed E-state index contributed by atoms with van der Waals surface area (Å²) in [7, 11) is 0. The molecule has 4 heteroatoms. The SMILES string of the molecule is NC(=S)CN1CCCC(CO)C1. The summed E-state index contributed by atoms with van der Waals surface area (Å²) in [6.07, 6.45) is 2.28. The molecule has 0 saturated carbocycles. The molecule has 70 valence electrons. The standard InChI is InChI=1S/C8H16N2OS/c9-8(12)5-10-3-1-2-7(4-10)6-11/h7,11H,1-6H2,(H2,9,12). The molecule has 0 bridgehead atoms. The fraction of sp³-hybridized carbons (Fsp3) is 0.875. The Morgan fingerprint density at radius 3 is 3.00 bits per heavy atom. The van der Waals surface area contributed by atoms with E-state index in [-0.39, 0.29) is 6.61 Å². The molecule has 0 aromatic carbocycles. The van der Waals surface area contributed by atoms with E-state index in [1.807, 2.05) is 0 Å². The number of hydrogen-bond acceptors (Lipinski definition) is 3. The average molecular weight is 188 g/mol. The lowest BCUT2D eigenvalue weighted by atomic mass is 9.99. The second kappa shape index (κ2) is 4.74. The summed E-state index contributed by atoms with van der Waals surface area (Å²) in [5.41, 5.74) is 5.44. The maximum Gasteiger partial charge on any atom is 0.0870 e. The monoisotopic (exact) mass is 188 g/mol. The number of piperidine rings is 1. The summed E-state index contributed by atoms with van der Waals surface area (Å²) in [6, 6.07) is 0. The van der Waals surface area contributed by atoms with Crippen LogP contribution in [0.25, 0.3) is 0 Å². The van der Waals surface area contributed by atoms with Crippen molar-refractivity contribution in [2.45, 2.75) is 12.8 Å². The largest absolute Gasteiger partial charge is 0.396 e. The molecule has 0 amide bonds. The topological polar surface area (TPSA) is 49.5 Å². The Labute approximate surface area is 78.5 Å². The molecule has 12 heavy (non-hydrogen) atoms. The maximum absolute atomic E-state index is 8.95. The first kappa shape index (κ1) is 9.89. The van der Waals surface area contributed by atoms with Crippen molar-refractivity contribution in [2.24, 2.45) is 11.7 Å².